The highest BCUT2D eigenvalue weighted by atomic mass is 16.2. The Hall–Kier alpha value is -2.65. The number of nitrogens with one attached hydrogen (secondary N) is 2. The van der Waals surface area contributed by atoms with Crippen molar-refractivity contribution in [3.05, 3.63) is 41.7 Å². The van der Waals surface area contributed by atoms with Crippen molar-refractivity contribution in [1.29, 1.82) is 5.26 Å². The van der Waals surface area contributed by atoms with Gasteiger partial charge in [0, 0.05) is 24.3 Å². The number of amides is 1. The number of H-pyrrole nitrogens is 1. The Morgan fingerprint density at radius 1 is 1.46 bits per heavy atom. The van der Waals surface area contributed by atoms with Crippen LogP contribution in [0.2, 0.25) is 0 Å². The molecule has 0 aliphatic carbocycles. The van der Waals surface area contributed by atoms with Crippen LogP contribution in [0.3, 0.4) is 0 Å². The summed E-state index contributed by atoms with van der Waals surface area (Å²) in [6.45, 7) is 3.40. The van der Waals surface area contributed by atoms with Gasteiger partial charge in [-0.2, -0.15) is 5.26 Å². The van der Waals surface area contributed by atoms with Gasteiger partial charge in [-0.15, -0.1) is 0 Å². The van der Waals surface area contributed by atoms with E-state index in [0.717, 1.165) is 35.6 Å². The van der Waals surface area contributed by atoms with E-state index >= 15 is 0 Å². The van der Waals surface area contributed by atoms with Gasteiger partial charge in [-0.1, -0.05) is 30.3 Å². The SMILES string of the molecule is Cc1[nH]c(-c2ccccc2)nc1CNCC(=O)N1CCC[C@H]1C#N. The maximum absolute atomic E-state index is 12.2. The Morgan fingerprint density at radius 2 is 2.25 bits per heavy atom. The molecule has 0 radical (unpaired) electrons. The molecule has 0 unspecified atom stereocenters. The van der Waals surface area contributed by atoms with Gasteiger partial charge in [0.25, 0.3) is 0 Å². The Kier molecular flexibility index (Phi) is 4.92. The van der Waals surface area contributed by atoms with Gasteiger partial charge in [-0.3, -0.25) is 4.79 Å². The number of nitrogens with zero attached hydrogens (tertiary/aromatic N) is 3. The molecule has 1 aliphatic rings. The van der Waals surface area contributed by atoms with Crippen LogP contribution < -0.4 is 5.32 Å². The Morgan fingerprint density at radius 3 is 3.00 bits per heavy atom. The van der Waals surface area contributed by atoms with Crippen molar-refractivity contribution in [3.8, 4) is 17.5 Å². The minimum Gasteiger partial charge on any atom is -0.342 e. The number of rotatable bonds is 5. The molecule has 1 fully saturated rings. The summed E-state index contributed by atoms with van der Waals surface area (Å²) in [5.41, 5.74) is 2.93. The highest BCUT2D eigenvalue weighted by Gasteiger charge is 2.27. The second-order valence-electron chi connectivity index (χ2n) is 6.00. The van der Waals surface area contributed by atoms with E-state index in [-0.39, 0.29) is 18.5 Å². The normalized spacial score (nSPS) is 17.0. The van der Waals surface area contributed by atoms with Crippen molar-refractivity contribution in [2.24, 2.45) is 0 Å². The molecule has 1 amide bonds. The first-order valence-electron chi connectivity index (χ1n) is 8.19. The number of benzene rings is 1. The zero-order valence-corrected chi connectivity index (χ0v) is 13.7. The summed E-state index contributed by atoms with van der Waals surface area (Å²) in [6, 6.07) is 11.9. The van der Waals surface area contributed by atoms with Crippen LogP contribution in [0.1, 0.15) is 24.2 Å². The largest absolute Gasteiger partial charge is 0.342 e. The lowest BCUT2D eigenvalue weighted by Crippen LogP contribution is -2.40. The van der Waals surface area contributed by atoms with E-state index in [1.54, 1.807) is 4.90 Å². The van der Waals surface area contributed by atoms with E-state index in [2.05, 4.69) is 21.4 Å². The number of nitriles is 1. The van der Waals surface area contributed by atoms with Gasteiger partial charge in [0.2, 0.25) is 5.91 Å². The molecule has 1 aliphatic heterocycles. The fraction of sp³-hybridized carbons (Fsp3) is 0.389. The molecule has 1 atom stereocenters. The average Bonchev–Trinajstić information content (AvgIpc) is 3.22. The maximum atomic E-state index is 12.2. The third-order valence-corrected chi connectivity index (χ3v) is 4.32. The first-order valence-corrected chi connectivity index (χ1v) is 8.19. The molecule has 124 valence electrons. The summed E-state index contributed by atoms with van der Waals surface area (Å²) in [5.74, 6) is 0.816. The number of aryl methyl sites for hydroxylation is 1. The molecule has 0 spiro atoms. The predicted molar refractivity (Wildman–Crippen MR) is 90.8 cm³/mol. The van der Waals surface area contributed by atoms with Crippen molar-refractivity contribution in [2.45, 2.75) is 32.4 Å². The van der Waals surface area contributed by atoms with Crippen molar-refractivity contribution in [2.75, 3.05) is 13.1 Å². The number of aromatic amines is 1. The second-order valence-corrected chi connectivity index (χ2v) is 6.00. The van der Waals surface area contributed by atoms with Gasteiger partial charge in [-0.05, 0) is 19.8 Å². The topological polar surface area (TPSA) is 84.8 Å². The second kappa shape index (κ2) is 7.28. The lowest BCUT2D eigenvalue weighted by molar-refractivity contribution is -0.130. The zero-order chi connectivity index (χ0) is 16.9. The number of likely N-dealkylation sites (tertiary alicyclic amines) is 1. The number of aromatic nitrogens is 2. The summed E-state index contributed by atoms with van der Waals surface area (Å²) in [6.07, 6.45) is 1.68. The molecule has 3 rings (SSSR count). The van der Waals surface area contributed by atoms with Gasteiger partial charge in [0.05, 0.1) is 18.3 Å². The van der Waals surface area contributed by atoms with Gasteiger partial charge in [0.15, 0.2) is 0 Å². The third-order valence-electron chi connectivity index (χ3n) is 4.32. The van der Waals surface area contributed by atoms with Gasteiger partial charge >= 0.3 is 0 Å². The Balaban J connectivity index is 1.57. The van der Waals surface area contributed by atoms with E-state index < -0.39 is 0 Å². The molecule has 6 heteroatoms. The van der Waals surface area contributed by atoms with Gasteiger partial charge in [-0.25, -0.2) is 4.98 Å². The molecular weight excluding hydrogens is 302 g/mol. The Labute approximate surface area is 141 Å². The van der Waals surface area contributed by atoms with Crippen molar-refractivity contribution in [1.82, 2.24) is 20.2 Å². The van der Waals surface area contributed by atoms with Crippen molar-refractivity contribution < 1.29 is 4.79 Å². The molecule has 2 N–H and O–H groups in total. The minimum absolute atomic E-state index is 0.0180. The number of hydrogen-bond donors (Lipinski definition) is 2. The highest BCUT2D eigenvalue weighted by molar-refractivity contribution is 5.79. The molecule has 2 aromatic rings. The molecule has 6 nitrogen and oxygen atoms in total. The van der Waals surface area contributed by atoms with E-state index in [0.29, 0.717) is 13.1 Å². The standard InChI is InChI=1S/C18H21N5O/c1-13-16(22-18(21-13)14-6-3-2-4-7-14)11-20-12-17(24)23-9-5-8-15(23)10-19/h2-4,6-7,15,20H,5,8-9,11-12H2,1H3,(H,21,22)/t15-/m0/s1. The van der Waals surface area contributed by atoms with Gasteiger partial charge in [0.1, 0.15) is 11.9 Å². The summed E-state index contributed by atoms with van der Waals surface area (Å²) >= 11 is 0. The summed E-state index contributed by atoms with van der Waals surface area (Å²) < 4.78 is 0. The molecule has 1 aromatic carbocycles. The number of carbonyl (C=O) groups is 1. The summed E-state index contributed by atoms with van der Waals surface area (Å²) in [5, 5.41) is 12.2. The van der Waals surface area contributed by atoms with Crippen LogP contribution in [0.5, 0.6) is 0 Å². The monoisotopic (exact) mass is 323 g/mol. The minimum atomic E-state index is -0.267. The van der Waals surface area contributed by atoms with E-state index in [1.165, 1.54) is 0 Å². The highest BCUT2D eigenvalue weighted by Crippen LogP contribution is 2.18. The molecule has 24 heavy (non-hydrogen) atoms. The molecule has 2 heterocycles. The van der Waals surface area contributed by atoms with Crippen LogP contribution >= 0.6 is 0 Å². The van der Waals surface area contributed by atoms with Crippen molar-refractivity contribution in [3.63, 3.8) is 0 Å². The lowest BCUT2D eigenvalue weighted by Gasteiger charge is -2.19. The van der Waals surface area contributed by atoms with Crippen LogP contribution in [0.25, 0.3) is 11.4 Å². The van der Waals surface area contributed by atoms with E-state index in [9.17, 15) is 4.79 Å². The Bertz CT molecular complexity index is 747. The molecule has 1 aromatic heterocycles. The lowest BCUT2D eigenvalue weighted by atomic mass is 10.2. The van der Waals surface area contributed by atoms with E-state index in [1.807, 2.05) is 37.3 Å². The van der Waals surface area contributed by atoms with Crippen LogP contribution in [-0.4, -0.2) is 39.9 Å². The maximum Gasteiger partial charge on any atom is 0.237 e. The predicted octanol–water partition coefficient (Wildman–Crippen LogP) is 1.99. The van der Waals surface area contributed by atoms with Crippen LogP contribution in [0.15, 0.2) is 30.3 Å². The fourth-order valence-electron chi connectivity index (χ4n) is 2.99. The third kappa shape index (κ3) is 3.47. The number of hydrogen-bond acceptors (Lipinski definition) is 4. The zero-order valence-electron chi connectivity index (χ0n) is 13.7. The smallest absolute Gasteiger partial charge is 0.237 e. The first-order chi connectivity index (χ1) is 11.7. The van der Waals surface area contributed by atoms with Gasteiger partial charge < -0.3 is 15.2 Å². The van der Waals surface area contributed by atoms with E-state index in [4.69, 9.17) is 5.26 Å². The number of carbonyl (C=O) groups excluding carboxylic acids is 1. The summed E-state index contributed by atoms with van der Waals surface area (Å²) in [4.78, 5) is 21.8. The summed E-state index contributed by atoms with van der Waals surface area (Å²) in [7, 11) is 0. The van der Waals surface area contributed by atoms with Crippen molar-refractivity contribution >= 4 is 5.91 Å². The molecule has 0 bridgehead atoms. The van der Waals surface area contributed by atoms with Crippen LogP contribution in [0.4, 0.5) is 0 Å². The molecule has 1 saturated heterocycles. The molecular formula is C18H21N5O. The first kappa shape index (κ1) is 16.2. The molecule has 0 saturated carbocycles. The quantitative estimate of drug-likeness (QED) is 0.881. The average molecular weight is 323 g/mol. The fourth-order valence-corrected chi connectivity index (χ4v) is 2.99. The number of imidazole rings is 1. The van der Waals surface area contributed by atoms with Crippen LogP contribution in [-0.2, 0) is 11.3 Å². The van der Waals surface area contributed by atoms with Crippen LogP contribution in [0, 0.1) is 18.3 Å².